The van der Waals surface area contributed by atoms with Gasteiger partial charge in [-0.25, -0.2) is 0 Å². The summed E-state index contributed by atoms with van der Waals surface area (Å²) < 4.78 is 0. The lowest BCUT2D eigenvalue weighted by molar-refractivity contribution is -0.144. The van der Waals surface area contributed by atoms with Crippen LogP contribution in [-0.2, 0) is 11.2 Å². The van der Waals surface area contributed by atoms with Gasteiger partial charge in [0.25, 0.3) is 0 Å². The molecule has 1 aromatic rings. The number of aliphatic carboxylic acids is 1. The van der Waals surface area contributed by atoms with Crippen LogP contribution < -0.4 is 5.32 Å². The highest BCUT2D eigenvalue weighted by Gasteiger charge is 2.41. The van der Waals surface area contributed by atoms with E-state index < -0.39 is 11.5 Å². The Kier molecular flexibility index (Phi) is 2.92. The second-order valence-electron chi connectivity index (χ2n) is 4.46. The van der Waals surface area contributed by atoms with Crippen LogP contribution in [0.25, 0.3) is 0 Å². The molecule has 0 radical (unpaired) electrons. The Morgan fingerprint density at radius 2 is 2.44 bits per heavy atom. The molecule has 1 aliphatic rings. The van der Waals surface area contributed by atoms with E-state index in [0.29, 0.717) is 12.8 Å². The summed E-state index contributed by atoms with van der Waals surface area (Å²) in [5, 5.41) is 12.4. The molecular formula is C12H16N2O2. The lowest BCUT2D eigenvalue weighted by atomic mass is 9.90. The minimum absolute atomic E-state index is 0.511. The maximum Gasteiger partial charge on any atom is 0.324 e. The van der Waals surface area contributed by atoms with Crippen LogP contribution >= 0.6 is 0 Å². The number of rotatable bonds is 3. The Morgan fingerprint density at radius 1 is 1.62 bits per heavy atom. The highest BCUT2D eigenvalue weighted by atomic mass is 16.4. The maximum absolute atomic E-state index is 11.3. The minimum atomic E-state index is -0.782. The van der Waals surface area contributed by atoms with Crippen LogP contribution in [-0.4, -0.2) is 28.1 Å². The van der Waals surface area contributed by atoms with Gasteiger partial charge in [-0.1, -0.05) is 6.07 Å². The highest BCUT2D eigenvalue weighted by Crippen LogP contribution is 2.24. The van der Waals surface area contributed by atoms with Crippen LogP contribution in [0, 0.1) is 6.92 Å². The van der Waals surface area contributed by atoms with E-state index in [-0.39, 0.29) is 0 Å². The fourth-order valence-electron chi connectivity index (χ4n) is 2.28. The van der Waals surface area contributed by atoms with Gasteiger partial charge in [-0.05, 0) is 37.4 Å². The molecule has 1 aliphatic heterocycles. The standard InChI is InChI=1S/C12H16N2O2/c1-9-5-10(8-13-7-9)6-12(11(15)16)3-2-4-14-12/h5,7-8,14H,2-4,6H2,1H3,(H,15,16). The molecular weight excluding hydrogens is 204 g/mol. The van der Waals surface area contributed by atoms with Crippen LogP contribution in [0.2, 0.25) is 0 Å². The largest absolute Gasteiger partial charge is 0.480 e. The van der Waals surface area contributed by atoms with Crippen molar-refractivity contribution in [2.45, 2.75) is 31.7 Å². The van der Waals surface area contributed by atoms with Gasteiger partial charge in [0.05, 0.1) is 0 Å². The van der Waals surface area contributed by atoms with E-state index in [0.717, 1.165) is 24.1 Å². The van der Waals surface area contributed by atoms with Crippen molar-refractivity contribution in [2.75, 3.05) is 6.54 Å². The van der Waals surface area contributed by atoms with E-state index in [1.54, 1.807) is 12.4 Å². The van der Waals surface area contributed by atoms with E-state index in [1.165, 1.54) is 0 Å². The zero-order valence-electron chi connectivity index (χ0n) is 9.36. The minimum Gasteiger partial charge on any atom is -0.480 e. The Morgan fingerprint density at radius 3 is 3.00 bits per heavy atom. The summed E-state index contributed by atoms with van der Waals surface area (Å²) in [4.78, 5) is 15.4. The smallest absolute Gasteiger partial charge is 0.324 e. The van der Waals surface area contributed by atoms with Crippen molar-refractivity contribution >= 4 is 5.97 Å². The van der Waals surface area contributed by atoms with Crippen molar-refractivity contribution in [3.63, 3.8) is 0 Å². The van der Waals surface area contributed by atoms with Gasteiger partial charge < -0.3 is 10.4 Å². The third kappa shape index (κ3) is 2.07. The van der Waals surface area contributed by atoms with Crippen LogP contribution in [0.1, 0.15) is 24.0 Å². The van der Waals surface area contributed by atoms with Gasteiger partial charge in [-0.2, -0.15) is 0 Å². The lowest BCUT2D eigenvalue weighted by Gasteiger charge is -2.24. The number of pyridine rings is 1. The molecule has 4 heteroatoms. The average molecular weight is 220 g/mol. The quantitative estimate of drug-likeness (QED) is 0.801. The van der Waals surface area contributed by atoms with Crippen molar-refractivity contribution in [3.05, 3.63) is 29.6 Å². The number of carboxylic acid groups (broad SMARTS) is 1. The monoisotopic (exact) mass is 220 g/mol. The van der Waals surface area contributed by atoms with Crippen LogP contribution in [0.15, 0.2) is 18.5 Å². The summed E-state index contributed by atoms with van der Waals surface area (Å²) in [5.74, 6) is -0.758. The van der Waals surface area contributed by atoms with E-state index in [1.807, 2.05) is 13.0 Å². The van der Waals surface area contributed by atoms with Gasteiger partial charge in [0, 0.05) is 18.8 Å². The topological polar surface area (TPSA) is 62.2 Å². The SMILES string of the molecule is Cc1cncc(CC2(C(=O)O)CCCN2)c1. The third-order valence-corrected chi connectivity index (χ3v) is 3.09. The highest BCUT2D eigenvalue weighted by molar-refractivity contribution is 5.79. The fourth-order valence-corrected chi connectivity index (χ4v) is 2.28. The van der Waals surface area contributed by atoms with Crippen LogP contribution in [0.3, 0.4) is 0 Å². The molecule has 1 unspecified atom stereocenters. The molecule has 4 nitrogen and oxygen atoms in total. The molecule has 86 valence electrons. The number of hydrogen-bond acceptors (Lipinski definition) is 3. The lowest BCUT2D eigenvalue weighted by Crippen LogP contribution is -2.49. The Hall–Kier alpha value is -1.42. The molecule has 0 aromatic carbocycles. The molecule has 1 fully saturated rings. The van der Waals surface area contributed by atoms with Crippen LogP contribution in [0.4, 0.5) is 0 Å². The molecule has 1 atom stereocenters. The second-order valence-corrected chi connectivity index (χ2v) is 4.46. The molecule has 0 aliphatic carbocycles. The summed E-state index contributed by atoms with van der Waals surface area (Å²) in [6.45, 7) is 2.75. The Balaban J connectivity index is 2.21. The first-order valence-corrected chi connectivity index (χ1v) is 5.51. The van der Waals surface area contributed by atoms with Gasteiger partial charge in [0.15, 0.2) is 0 Å². The Labute approximate surface area is 94.7 Å². The zero-order chi connectivity index (χ0) is 11.6. The second kappa shape index (κ2) is 4.22. The molecule has 0 bridgehead atoms. The summed E-state index contributed by atoms with van der Waals surface area (Å²) in [7, 11) is 0. The zero-order valence-corrected chi connectivity index (χ0v) is 9.36. The predicted octanol–water partition coefficient (Wildman–Crippen LogP) is 1.14. The number of nitrogens with zero attached hydrogens (tertiary/aromatic N) is 1. The molecule has 1 aromatic heterocycles. The first-order valence-electron chi connectivity index (χ1n) is 5.51. The van der Waals surface area contributed by atoms with Gasteiger partial charge in [0.1, 0.15) is 5.54 Å². The first kappa shape index (κ1) is 11.1. The summed E-state index contributed by atoms with van der Waals surface area (Å²) >= 11 is 0. The normalized spacial score (nSPS) is 24.6. The van der Waals surface area contributed by atoms with Gasteiger partial charge in [-0.15, -0.1) is 0 Å². The number of nitrogens with one attached hydrogen (secondary N) is 1. The summed E-state index contributed by atoms with van der Waals surface area (Å²) in [5.41, 5.74) is 1.27. The van der Waals surface area contributed by atoms with E-state index in [9.17, 15) is 9.90 Å². The number of aromatic nitrogens is 1. The third-order valence-electron chi connectivity index (χ3n) is 3.09. The first-order chi connectivity index (χ1) is 7.62. The molecule has 16 heavy (non-hydrogen) atoms. The molecule has 2 heterocycles. The maximum atomic E-state index is 11.3. The Bertz CT molecular complexity index is 398. The van der Waals surface area contributed by atoms with E-state index in [4.69, 9.17) is 0 Å². The molecule has 1 saturated heterocycles. The van der Waals surface area contributed by atoms with Crippen LogP contribution in [0.5, 0.6) is 0 Å². The number of carbonyl (C=O) groups is 1. The molecule has 2 rings (SSSR count). The van der Waals surface area contributed by atoms with Crippen molar-refractivity contribution < 1.29 is 9.90 Å². The van der Waals surface area contributed by atoms with Gasteiger partial charge in [0.2, 0.25) is 0 Å². The van der Waals surface area contributed by atoms with E-state index >= 15 is 0 Å². The molecule has 0 spiro atoms. The molecule has 2 N–H and O–H groups in total. The van der Waals surface area contributed by atoms with E-state index in [2.05, 4.69) is 10.3 Å². The molecule has 0 saturated carbocycles. The number of hydrogen-bond donors (Lipinski definition) is 2. The number of carboxylic acids is 1. The molecule has 0 amide bonds. The predicted molar refractivity (Wildman–Crippen MR) is 60.3 cm³/mol. The summed E-state index contributed by atoms with van der Waals surface area (Å²) in [6.07, 6.45) is 5.65. The number of aryl methyl sites for hydroxylation is 1. The van der Waals surface area contributed by atoms with Crippen molar-refractivity contribution in [1.82, 2.24) is 10.3 Å². The van der Waals surface area contributed by atoms with Crippen molar-refractivity contribution in [3.8, 4) is 0 Å². The fraction of sp³-hybridized carbons (Fsp3) is 0.500. The van der Waals surface area contributed by atoms with Crippen molar-refractivity contribution in [2.24, 2.45) is 0 Å². The van der Waals surface area contributed by atoms with Gasteiger partial charge >= 0.3 is 5.97 Å². The van der Waals surface area contributed by atoms with Gasteiger partial charge in [-0.3, -0.25) is 9.78 Å². The van der Waals surface area contributed by atoms with Crippen molar-refractivity contribution in [1.29, 1.82) is 0 Å². The summed E-state index contributed by atoms with van der Waals surface area (Å²) in [6, 6.07) is 2.00. The average Bonchev–Trinajstić information content (AvgIpc) is 2.67.